The molecule has 0 N–H and O–H groups in total. The average Bonchev–Trinajstić information content (AvgIpc) is 2.16. The summed E-state index contributed by atoms with van der Waals surface area (Å²) >= 11 is 0. The number of ether oxygens (including phenoxy) is 3. The molecule has 0 aliphatic heterocycles. The monoisotopic (exact) mass is 186 g/mol. The molecule has 0 atom stereocenters. The van der Waals surface area contributed by atoms with Crippen LogP contribution in [-0.2, 0) is 14.2 Å². The van der Waals surface area contributed by atoms with Crippen molar-refractivity contribution < 1.29 is 14.2 Å². The third kappa shape index (κ3) is 4.58. The highest BCUT2D eigenvalue weighted by Crippen LogP contribution is 2.09. The van der Waals surface area contributed by atoms with Crippen LogP contribution in [0.15, 0.2) is 24.2 Å². The Morgan fingerprint density at radius 1 is 1.38 bits per heavy atom. The number of hydrogen-bond donors (Lipinski definition) is 0. The van der Waals surface area contributed by atoms with Gasteiger partial charge in [-0.25, -0.2) is 0 Å². The molecule has 3 heteroatoms. The van der Waals surface area contributed by atoms with Crippen LogP contribution >= 0.6 is 0 Å². The maximum absolute atomic E-state index is 5.43. The van der Waals surface area contributed by atoms with Crippen molar-refractivity contribution in [1.29, 1.82) is 0 Å². The van der Waals surface area contributed by atoms with Crippen LogP contribution in [0.5, 0.6) is 0 Å². The Balaban J connectivity index is 4.33. The van der Waals surface area contributed by atoms with E-state index in [4.69, 9.17) is 14.2 Å². The highest BCUT2D eigenvalue weighted by molar-refractivity contribution is 5.14. The summed E-state index contributed by atoms with van der Waals surface area (Å²) in [6.07, 6.45) is 2.57. The van der Waals surface area contributed by atoms with Crippen molar-refractivity contribution in [3.8, 4) is 0 Å². The molecular formula is C10H18O3. The molecular weight excluding hydrogens is 168 g/mol. The van der Waals surface area contributed by atoms with E-state index in [1.54, 1.807) is 20.3 Å². The van der Waals surface area contributed by atoms with Crippen molar-refractivity contribution in [3.63, 3.8) is 0 Å². The van der Waals surface area contributed by atoms with E-state index in [0.29, 0.717) is 24.7 Å². The van der Waals surface area contributed by atoms with Crippen molar-refractivity contribution in [2.75, 3.05) is 27.4 Å². The minimum atomic E-state index is 0.412. The van der Waals surface area contributed by atoms with Crippen LogP contribution in [0.3, 0.4) is 0 Å². The van der Waals surface area contributed by atoms with Crippen molar-refractivity contribution in [1.82, 2.24) is 0 Å². The Labute approximate surface area is 80.0 Å². The van der Waals surface area contributed by atoms with E-state index in [9.17, 15) is 0 Å². The number of rotatable bonds is 7. The zero-order chi connectivity index (χ0) is 10.1. The molecule has 0 heterocycles. The molecule has 0 aromatic heterocycles. The number of allylic oxidation sites excluding steroid dienone is 1. The molecule has 0 saturated carbocycles. The summed E-state index contributed by atoms with van der Waals surface area (Å²) < 4.78 is 15.5. The molecule has 3 nitrogen and oxygen atoms in total. The van der Waals surface area contributed by atoms with Crippen LogP contribution in [0, 0.1) is 0 Å². The second-order valence-corrected chi connectivity index (χ2v) is 2.48. The molecule has 76 valence electrons. The molecule has 0 unspecified atom stereocenters. The SMILES string of the molecule is C=C/C(OC)=C(\COC)OCCC. The first kappa shape index (κ1) is 12.0. The van der Waals surface area contributed by atoms with Gasteiger partial charge in [-0.2, -0.15) is 0 Å². The van der Waals surface area contributed by atoms with E-state index in [0.717, 1.165) is 6.42 Å². The third-order valence-electron chi connectivity index (χ3n) is 1.44. The summed E-state index contributed by atoms with van der Waals surface area (Å²) in [5.74, 6) is 1.33. The molecule has 0 amide bonds. The van der Waals surface area contributed by atoms with Gasteiger partial charge < -0.3 is 14.2 Å². The number of hydrogen-bond acceptors (Lipinski definition) is 3. The minimum absolute atomic E-state index is 0.412. The van der Waals surface area contributed by atoms with Gasteiger partial charge in [-0.1, -0.05) is 13.5 Å². The molecule has 0 fully saturated rings. The lowest BCUT2D eigenvalue weighted by atomic mass is 10.4. The van der Waals surface area contributed by atoms with E-state index < -0.39 is 0 Å². The van der Waals surface area contributed by atoms with Gasteiger partial charge in [0.1, 0.15) is 6.61 Å². The van der Waals surface area contributed by atoms with E-state index in [1.807, 2.05) is 6.92 Å². The number of methoxy groups -OCH3 is 2. The maximum Gasteiger partial charge on any atom is 0.163 e. The fourth-order valence-electron chi connectivity index (χ4n) is 0.851. The molecule has 0 rings (SSSR count). The van der Waals surface area contributed by atoms with Gasteiger partial charge in [-0.05, 0) is 12.5 Å². The van der Waals surface area contributed by atoms with E-state index >= 15 is 0 Å². The molecule has 0 saturated heterocycles. The van der Waals surface area contributed by atoms with E-state index in [2.05, 4.69) is 6.58 Å². The molecule has 0 radical (unpaired) electrons. The zero-order valence-electron chi connectivity index (χ0n) is 8.63. The topological polar surface area (TPSA) is 27.7 Å². The van der Waals surface area contributed by atoms with Gasteiger partial charge in [0.15, 0.2) is 11.5 Å². The summed E-state index contributed by atoms with van der Waals surface area (Å²) in [6.45, 7) is 6.75. The largest absolute Gasteiger partial charge is 0.493 e. The Kier molecular flexibility index (Phi) is 7.11. The quantitative estimate of drug-likeness (QED) is 0.450. The van der Waals surface area contributed by atoms with E-state index in [-0.39, 0.29) is 0 Å². The summed E-state index contributed by atoms with van der Waals surface area (Å²) in [5.41, 5.74) is 0. The van der Waals surface area contributed by atoms with Gasteiger partial charge in [-0.15, -0.1) is 0 Å². The van der Waals surface area contributed by atoms with Crippen LogP contribution in [-0.4, -0.2) is 27.4 Å². The normalized spacial score (nSPS) is 11.9. The van der Waals surface area contributed by atoms with Crippen molar-refractivity contribution in [2.24, 2.45) is 0 Å². The molecule has 0 aromatic rings. The van der Waals surface area contributed by atoms with Gasteiger partial charge in [0.05, 0.1) is 13.7 Å². The fourth-order valence-corrected chi connectivity index (χ4v) is 0.851. The van der Waals surface area contributed by atoms with Gasteiger partial charge in [0.25, 0.3) is 0 Å². The van der Waals surface area contributed by atoms with Gasteiger partial charge in [0.2, 0.25) is 0 Å². The molecule has 0 aliphatic rings. The zero-order valence-corrected chi connectivity index (χ0v) is 8.63. The summed E-state index contributed by atoms with van der Waals surface area (Å²) in [7, 11) is 3.20. The van der Waals surface area contributed by atoms with Crippen molar-refractivity contribution in [3.05, 3.63) is 24.2 Å². The van der Waals surface area contributed by atoms with Crippen LogP contribution in [0.25, 0.3) is 0 Å². The Morgan fingerprint density at radius 2 is 2.08 bits per heavy atom. The van der Waals surface area contributed by atoms with Crippen molar-refractivity contribution in [2.45, 2.75) is 13.3 Å². The van der Waals surface area contributed by atoms with Gasteiger partial charge in [0, 0.05) is 7.11 Å². The van der Waals surface area contributed by atoms with Gasteiger partial charge >= 0.3 is 0 Å². The molecule has 13 heavy (non-hydrogen) atoms. The molecule has 0 spiro atoms. The Bertz CT molecular complexity index is 173. The Morgan fingerprint density at radius 3 is 2.46 bits per heavy atom. The highest BCUT2D eigenvalue weighted by atomic mass is 16.5. The third-order valence-corrected chi connectivity index (χ3v) is 1.44. The van der Waals surface area contributed by atoms with Crippen LogP contribution in [0.4, 0.5) is 0 Å². The van der Waals surface area contributed by atoms with Crippen LogP contribution in [0.1, 0.15) is 13.3 Å². The lowest BCUT2D eigenvalue weighted by molar-refractivity contribution is 0.114. The lowest BCUT2D eigenvalue weighted by Crippen LogP contribution is -2.05. The first-order valence-electron chi connectivity index (χ1n) is 4.31. The first-order valence-corrected chi connectivity index (χ1v) is 4.31. The minimum Gasteiger partial charge on any atom is -0.493 e. The summed E-state index contributed by atoms with van der Waals surface area (Å²) in [6, 6.07) is 0. The Hall–Kier alpha value is -0.960. The van der Waals surface area contributed by atoms with Crippen LogP contribution < -0.4 is 0 Å². The molecule has 0 aromatic carbocycles. The van der Waals surface area contributed by atoms with Crippen LogP contribution in [0.2, 0.25) is 0 Å². The fraction of sp³-hybridized carbons (Fsp3) is 0.600. The molecule has 0 aliphatic carbocycles. The summed E-state index contributed by atoms with van der Waals surface area (Å²) in [5, 5.41) is 0. The lowest BCUT2D eigenvalue weighted by Gasteiger charge is -2.11. The second kappa shape index (κ2) is 7.68. The maximum atomic E-state index is 5.43. The average molecular weight is 186 g/mol. The predicted octanol–water partition coefficient (Wildman–Crippen LogP) is 2.10. The molecule has 0 bridgehead atoms. The smallest absolute Gasteiger partial charge is 0.163 e. The van der Waals surface area contributed by atoms with E-state index in [1.165, 1.54) is 0 Å². The highest BCUT2D eigenvalue weighted by Gasteiger charge is 2.04. The standard InChI is InChI=1S/C10H18O3/c1-5-7-13-10(8-11-3)9(6-2)12-4/h6H,2,5,7-8H2,1,3-4H3/b10-9-. The second-order valence-electron chi connectivity index (χ2n) is 2.48. The first-order chi connectivity index (χ1) is 6.29. The summed E-state index contributed by atoms with van der Waals surface area (Å²) in [4.78, 5) is 0. The predicted molar refractivity (Wildman–Crippen MR) is 52.4 cm³/mol. The van der Waals surface area contributed by atoms with Crippen molar-refractivity contribution >= 4 is 0 Å². The van der Waals surface area contributed by atoms with Gasteiger partial charge in [-0.3, -0.25) is 0 Å².